The Morgan fingerprint density at radius 1 is 1.33 bits per heavy atom. The Bertz CT molecular complexity index is 231. The standard InChI is InChI=1S/C10H20N2O3/c1-4-6(3)8(11)9(13)12-7(5-2)10(14)15/h6-8H,4-5,11H2,1-3H3,(H,12,13)(H,14,15)/t6?,7-,8?/m1/s1. The molecule has 0 rings (SSSR count). The fraction of sp³-hybridized carbons (Fsp3) is 0.800. The summed E-state index contributed by atoms with van der Waals surface area (Å²) in [5, 5.41) is 11.2. The van der Waals surface area contributed by atoms with Gasteiger partial charge in [-0.3, -0.25) is 4.79 Å². The zero-order valence-corrected chi connectivity index (χ0v) is 9.49. The number of aliphatic carboxylic acids is 1. The molecular formula is C10H20N2O3. The minimum atomic E-state index is -1.03. The van der Waals surface area contributed by atoms with E-state index >= 15 is 0 Å². The maximum atomic E-state index is 11.5. The Morgan fingerprint density at radius 2 is 1.87 bits per heavy atom. The third-order valence-corrected chi connectivity index (χ3v) is 2.58. The normalized spacial score (nSPS) is 16.5. The number of carbonyl (C=O) groups excluding carboxylic acids is 1. The van der Waals surface area contributed by atoms with E-state index in [4.69, 9.17) is 10.8 Å². The molecule has 0 saturated carbocycles. The van der Waals surface area contributed by atoms with Gasteiger partial charge in [0.15, 0.2) is 0 Å². The smallest absolute Gasteiger partial charge is 0.326 e. The Kier molecular flexibility index (Phi) is 5.93. The summed E-state index contributed by atoms with van der Waals surface area (Å²) in [5.41, 5.74) is 5.67. The molecule has 0 radical (unpaired) electrons. The van der Waals surface area contributed by atoms with Crippen molar-refractivity contribution in [2.45, 2.75) is 45.7 Å². The SMILES string of the molecule is CCC(C)C(N)C(=O)N[C@H](CC)C(=O)O. The van der Waals surface area contributed by atoms with Gasteiger partial charge in [-0.15, -0.1) is 0 Å². The van der Waals surface area contributed by atoms with Crippen LogP contribution in [0.15, 0.2) is 0 Å². The van der Waals surface area contributed by atoms with E-state index in [9.17, 15) is 9.59 Å². The lowest BCUT2D eigenvalue weighted by molar-refractivity contribution is -0.142. The lowest BCUT2D eigenvalue weighted by atomic mass is 9.99. The van der Waals surface area contributed by atoms with Gasteiger partial charge in [-0.2, -0.15) is 0 Å². The highest BCUT2D eigenvalue weighted by molar-refractivity contribution is 5.86. The zero-order chi connectivity index (χ0) is 12.0. The fourth-order valence-corrected chi connectivity index (χ4v) is 1.12. The van der Waals surface area contributed by atoms with Crippen LogP contribution >= 0.6 is 0 Å². The summed E-state index contributed by atoms with van der Waals surface area (Å²) in [6.45, 7) is 5.51. The molecule has 0 aromatic rings. The van der Waals surface area contributed by atoms with Crippen LogP contribution in [0.4, 0.5) is 0 Å². The highest BCUT2D eigenvalue weighted by Crippen LogP contribution is 2.05. The number of nitrogens with two attached hydrogens (primary N) is 1. The lowest BCUT2D eigenvalue weighted by Crippen LogP contribution is -2.50. The van der Waals surface area contributed by atoms with Gasteiger partial charge >= 0.3 is 5.97 Å². The van der Waals surface area contributed by atoms with E-state index in [2.05, 4.69) is 5.32 Å². The second-order valence-electron chi connectivity index (χ2n) is 3.72. The van der Waals surface area contributed by atoms with E-state index in [1.54, 1.807) is 6.92 Å². The molecule has 1 amide bonds. The van der Waals surface area contributed by atoms with Crippen molar-refractivity contribution in [3.63, 3.8) is 0 Å². The van der Waals surface area contributed by atoms with E-state index < -0.39 is 24.0 Å². The molecule has 0 aromatic carbocycles. The van der Waals surface area contributed by atoms with Gasteiger partial charge in [0.25, 0.3) is 0 Å². The average molecular weight is 216 g/mol. The third-order valence-electron chi connectivity index (χ3n) is 2.58. The number of rotatable bonds is 6. The van der Waals surface area contributed by atoms with Crippen molar-refractivity contribution in [2.24, 2.45) is 11.7 Å². The van der Waals surface area contributed by atoms with Crippen LogP contribution in [0.1, 0.15) is 33.6 Å². The molecule has 5 nitrogen and oxygen atoms in total. The van der Waals surface area contributed by atoms with Gasteiger partial charge in [-0.25, -0.2) is 4.79 Å². The van der Waals surface area contributed by atoms with Crippen LogP contribution in [0, 0.1) is 5.92 Å². The van der Waals surface area contributed by atoms with Crippen molar-refractivity contribution < 1.29 is 14.7 Å². The number of hydrogen-bond acceptors (Lipinski definition) is 3. The van der Waals surface area contributed by atoms with Gasteiger partial charge in [0.2, 0.25) is 5.91 Å². The van der Waals surface area contributed by atoms with Crippen LogP contribution in [0.2, 0.25) is 0 Å². The molecule has 5 heteroatoms. The van der Waals surface area contributed by atoms with Gasteiger partial charge in [0.1, 0.15) is 6.04 Å². The molecular weight excluding hydrogens is 196 g/mol. The summed E-state index contributed by atoms with van der Waals surface area (Å²) >= 11 is 0. The van der Waals surface area contributed by atoms with E-state index in [1.165, 1.54) is 0 Å². The summed E-state index contributed by atoms with van der Waals surface area (Å²) in [4.78, 5) is 22.2. The van der Waals surface area contributed by atoms with Crippen molar-refractivity contribution in [3.05, 3.63) is 0 Å². The second-order valence-corrected chi connectivity index (χ2v) is 3.72. The second kappa shape index (κ2) is 6.40. The molecule has 0 aromatic heterocycles. The molecule has 4 N–H and O–H groups in total. The maximum Gasteiger partial charge on any atom is 0.326 e. The summed E-state index contributed by atoms with van der Waals surface area (Å²) in [7, 11) is 0. The Labute approximate surface area is 90.0 Å². The van der Waals surface area contributed by atoms with E-state index in [0.29, 0.717) is 6.42 Å². The molecule has 15 heavy (non-hydrogen) atoms. The van der Waals surface area contributed by atoms with Gasteiger partial charge in [-0.05, 0) is 12.3 Å². The van der Waals surface area contributed by atoms with Crippen molar-refractivity contribution in [1.29, 1.82) is 0 Å². The molecule has 0 spiro atoms. The number of carboxylic acid groups (broad SMARTS) is 1. The highest BCUT2D eigenvalue weighted by atomic mass is 16.4. The number of carbonyl (C=O) groups is 2. The van der Waals surface area contributed by atoms with Crippen LogP contribution in [0.25, 0.3) is 0 Å². The first kappa shape index (κ1) is 13.9. The molecule has 3 atom stereocenters. The lowest BCUT2D eigenvalue weighted by Gasteiger charge is -2.20. The molecule has 0 aliphatic carbocycles. The van der Waals surface area contributed by atoms with Gasteiger partial charge in [0.05, 0.1) is 6.04 Å². The van der Waals surface area contributed by atoms with Crippen molar-refractivity contribution in [1.82, 2.24) is 5.32 Å². The maximum absolute atomic E-state index is 11.5. The molecule has 0 aliphatic rings. The van der Waals surface area contributed by atoms with Crippen LogP contribution < -0.4 is 11.1 Å². The van der Waals surface area contributed by atoms with Crippen molar-refractivity contribution in [2.75, 3.05) is 0 Å². The minimum absolute atomic E-state index is 0.0521. The quantitative estimate of drug-likeness (QED) is 0.597. The molecule has 88 valence electrons. The summed E-state index contributed by atoms with van der Waals surface area (Å²) in [6.07, 6.45) is 1.15. The third kappa shape index (κ3) is 4.29. The Hall–Kier alpha value is -1.10. The number of nitrogens with one attached hydrogen (secondary N) is 1. The Morgan fingerprint density at radius 3 is 2.20 bits per heavy atom. The number of amides is 1. The van der Waals surface area contributed by atoms with Gasteiger partial charge in [0, 0.05) is 0 Å². The van der Waals surface area contributed by atoms with Crippen LogP contribution in [0.5, 0.6) is 0 Å². The van der Waals surface area contributed by atoms with Crippen LogP contribution in [-0.4, -0.2) is 29.1 Å². The average Bonchev–Trinajstić information content (AvgIpc) is 2.22. The summed E-state index contributed by atoms with van der Waals surface area (Å²) in [5.74, 6) is -1.36. The number of carboxylic acids is 1. The van der Waals surface area contributed by atoms with E-state index in [0.717, 1.165) is 6.42 Å². The fourth-order valence-electron chi connectivity index (χ4n) is 1.12. The minimum Gasteiger partial charge on any atom is -0.480 e. The predicted octanol–water partition coefficient (Wildman–Crippen LogP) is 0.339. The van der Waals surface area contributed by atoms with Crippen molar-refractivity contribution in [3.8, 4) is 0 Å². The summed E-state index contributed by atoms with van der Waals surface area (Å²) in [6, 6.07) is -1.48. The number of hydrogen-bond donors (Lipinski definition) is 3. The first-order valence-electron chi connectivity index (χ1n) is 5.22. The molecule has 2 unspecified atom stereocenters. The van der Waals surface area contributed by atoms with Crippen LogP contribution in [0.3, 0.4) is 0 Å². The van der Waals surface area contributed by atoms with E-state index in [1.807, 2.05) is 13.8 Å². The largest absolute Gasteiger partial charge is 0.480 e. The molecule has 0 heterocycles. The molecule has 0 bridgehead atoms. The zero-order valence-electron chi connectivity index (χ0n) is 9.49. The first-order chi connectivity index (χ1) is 6.93. The summed E-state index contributed by atoms with van der Waals surface area (Å²) < 4.78 is 0. The predicted molar refractivity (Wildman–Crippen MR) is 57.3 cm³/mol. The monoisotopic (exact) mass is 216 g/mol. The topological polar surface area (TPSA) is 92.4 Å². The highest BCUT2D eigenvalue weighted by Gasteiger charge is 2.24. The molecule has 0 fully saturated rings. The van der Waals surface area contributed by atoms with Gasteiger partial charge in [-0.1, -0.05) is 27.2 Å². The van der Waals surface area contributed by atoms with E-state index in [-0.39, 0.29) is 5.92 Å². The first-order valence-corrected chi connectivity index (χ1v) is 5.22. The van der Waals surface area contributed by atoms with Crippen LogP contribution in [-0.2, 0) is 9.59 Å². The molecule has 0 aliphatic heterocycles. The Balaban J connectivity index is 4.28. The van der Waals surface area contributed by atoms with Crippen molar-refractivity contribution >= 4 is 11.9 Å². The van der Waals surface area contributed by atoms with Gasteiger partial charge < -0.3 is 16.2 Å². The molecule has 0 saturated heterocycles.